The summed E-state index contributed by atoms with van der Waals surface area (Å²) in [5, 5.41) is 2.03. The average Bonchev–Trinajstić information content (AvgIpc) is 3.04. The van der Waals surface area contributed by atoms with Gasteiger partial charge in [0.25, 0.3) is 10.2 Å². The molecule has 0 spiro atoms. The predicted molar refractivity (Wildman–Crippen MR) is 82.0 cm³/mol. The monoisotopic (exact) mass is 314 g/mol. The van der Waals surface area contributed by atoms with E-state index in [1.807, 2.05) is 11.4 Å². The summed E-state index contributed by atoms with van der Waals surface area (Å²) in [7, 11) is -3.29. The largest absolute Gasteiger partial charge is 0.282 e. The van der Waals surface area contributed by atoms with E-state index in [0.717, 1.165) is 38.5 Å². The maximum atomic E-state index is 12.9. The summed E-state index contributed by atoms with van der Waals surface area (Å²) in [6.45, 7) is 2.05. The topological polar surface area (TPSA) is 40.6 Å². The van der Waals surface area contributed by atoms with Crippen molar-refractivity contribution >= 4 is 21.5 Å². The van der Waals surface area contributed by atoms with Gasteiger partial charge in [0.05, 0.1) is 6.04 Å². The van der Waals surface area contributed by atoms with E-state index in [1.165, 1.54) is 4.88 Å². The number of hydrogen-bond donors (Lipinski definition) is 0. The maximum Gasteiger partial charge on any atom is 0.282 e. The molecule has 0 amide bonds. The van der Waals surface area contributed by atoms with Crippen molar-refractivity contribution in [2.45, 2.75) is 44.6 Å². The lowest BCUT2D eigenvalue weighted by Crippen LogP contribution is -2.43. The molecule has 2 aliphatic rings. The van der Waals surface area contributed by atoms with Gasteiger partial charge in [-0.15, -0.1) is 11.3 Å². The first-order valence-electron chi connectivity index (χ1n) is 7.50. The summed E-state index contributed by atoms with van der Waals surface area (Å²) >= 11 is 1.67. The standard InChI is InChI=1S/C14H22N2O2S2/c17-20(18,15-9-3-1-2-4-10-15)16-11-5-7-13(16)14-8-6-12-19-14/h6,8,12-13H,1-5,7,9-11H2/t13-/m0/s1. The van der Waals surface area contributed by atoms with Gasteiger partial charge in [0, 0.05) is 24.5 Å². The van der Waals surface area contributed by atoms with Crippen LogP contribution in [0.4, 0.5) is 0 Å². The van der Waals surface area contributed by atoms with Crippen molar-refractivity contribution in [2.75, 3.05) is 19.6 Å². The van der Waals surface area contributed by atoms with E-state index in [9.17, 15) is 8.42 Å². The lowest BCUT2D eigenvalue weighted by molar-refractivity contribution is 0.333. The molecule has 2 aliphatic heterocycles. The van der Waals surface area contributed by atoms with Crippen LogP contribution in [0, 0.1) is 0 Å². The number of hydrogen-bond acceptors (Lipinski definition) is 3. The minimum atomic E-state index is -3.29. The van der Waals surface area contributed by atoms with Crippen molar-refractivity contribution in [3.8, 4) is 0 Å². The molecule has 2 fully saturated rings. The number of rotatable bonds is 3. The van der Waals surface area contributed by atoms with E-state index < -0.39 is 10.2 Å². The molecule has 1 aromatic rings. The second-order valence-electron chi connectivity index (χ2n) is 5.61. The van der Waals surface area contributed by atoms with Gasteiger partial charge in [-0.3, -0.25) is 0 Å². The molecule has 0 radical (unpaired) electrons. The van der Waals surface area contributed by atoms with Crippen LogP contribution in [0.2, 0.25) is 0 Å². The fourth-order valence-corrected chi connectivity index (χ4v) is 6.06. The Morgan fingerprint density at radius 1 is 1.05 bits per heavy atom. The molecule has 0 bridgehead atoms. The second-order valence-corrected chi connectivity index (χ2v) is 8.47. The highest BCUT2D eigenvalue weighted by Crippen LogP contribution is 2.37. The fourth-order valence-electron chi connectivity index (χ4n) is 3.20. The van der Waals surface area contributed by atoms with Gasteiger partial charge in [-0.25, -0.2) is 0 Å². The summed E-state index contributed by atoms with van der Waals surface area (Å²) in [4.78, 5) is 1.18. The van der Waals surface area contributed by atoms with Crippen LogP contribution in [0.25, 0.3) is 0 Å². The Balaban J connectivity index is 1.82. The van der Waals surface area contributed by atoms with Gasteiger partial charge in [-0.2, -0.15) is 17.0 Å². The van der Waals surface area contributed by atoms with Gasteiger partial charge in [-0.05, 0) is 37.1 Å². The van der Waals surface area contributed by atoms with Gasteiger partial charge in [0.1, 0.15) is 0 Å². The van der Waals surface area contributed by atoms with E-state index in [1.54, 1.807) is 19.9 Å². The lowest BCUT2D eigenvalue weighted by Gasteiger charge is -2.29. The molecule has 3 heterocycles. The molecule has 0 saturated carbocycles. The molecule has 20 heavy (non-hydrogen) atoms. The smallest absolute Gasteiger partial charge is 0.195 e. The molecule has 0 aliphatic carbocycles. The Labute approximate surface area is 125 Å². The van der Waals surface area contributed by atoms with Gasteiger partial charge in [0.2, 0.25) is 0 Å². The second kappa shape index (κ2) is 6.13. The van der Waals surface area contributed by atoms with E-state index >= 15 is 0 Å². The molecule has 112 valence electrons. The van der Waals surface area contributed by atoms with Gasteiger partial charge < -0.3 is 0 Å². The van der Waals surface area contributed by atoms with Crippen molar-refractivity contribution in [3.63, 3.8) is 0 Å². The first kappa shape index (κ1) is 14.5. The summed E-state index contributed by atoms with van der Waals surface area (Å²) in [5.74, 6) is 0. The summed E-state index contributed by atoms with van der Waals surface area (Å²) in [6.07, 6.45) is 6.22. The third-order valence-electron chi connectivity index (χ3n) is 4.26. The molecule has 1 atom stereocenters. The minimum Gasteiger partial charge on any atom is -0.195 e. The SMILES string of the molecule is O=S(=O)(N1CCCCCC1)N1CCC[C@H]1c1cccs1. The Kier molecular flexibility index (Phi) is 4.45. The van der Waals surface area contributed by atoms with Gasteiger partial charge >= 0.3 is 0 Å². The highest BCUT2D eigenvalue weighted by atomic mass is 32.2. The molecular weight excluding hydrogens is 292 g/mol. The van der Waals surface area contributed by atoms with Crippen LogP contribution in [0.3, 0.4) is 0 Å². The normalized spacial score (nSPS) is 26.7. The van der Waals surface area contributed by atoms with Gasteiger partial charge in [0.15, 0.2) is 0 Å². The van der Waals surface area contributed by atoms with Crippen LogP contribution < -0.4 is 0 Å². The minimum absolute atomic E-state index is 0.0586. The zero-order chi connectivity index (χ0) is 14.0. The average molecular weight is 314 g/mol. The summed E-state index contributed by atoms with van der Waals surface area (Å²) in [5.41, 5.74) is 0. The van der Waals surface area contributed by atoms with Crippen LogP contribution in [0.1, 0.15) is 49.4 Å². The van der Waals surface area contributed by atoms with Crippen molar-refractivity contribution < 1.29 is 8.42 Å². The van der Waals surface area contributed by atoms with Crippen molar-refractivity contribution in [1.82, 2.24) is 8.61 Å². The van der Waals surface area contributed by atoms with Crippen LogP contribution in [-0.4, -0.2) is 36.7 Å². The Morgan fingerprint density at radius 3 is 2.45 bits per heavy atom. The van der Waals surface area contributed by atoms with Crippen molar-refractivity contribution in [2.24, 2.45) is 0 Å². The molecule has 0 aromatic carbocycles. The summed E-state index contributed by atoms with van der Waals surface area (Å²) < 4.78 is 29.3. The van der Waals surface area contributed by atoms with E-state index in [0.29, 0.717) is 19.6 Å². The van der Waals surface area contributed by atoms with Crippen molar-refractivity contribution in [3.05, 3.63) is 22.4 Å². The van der Waals surface area contributed by atoms with Gasteiger partial charge in [-0.1, -0.05) is 18.9 Å². The number of nitrogens with zero attached hydrogens (tertiary/aromatic N) is 2. The molecule has 1 aromatic heterocycles. The molecular formula is C14H22N2O2S2. The summed E-state index contributed by atoms with van der Waals surface area (Å²) in [6, 6.07) is 4.13. The lowest BCUT2D eigenvalue weighted by atomic mass is 10.2. The molecule has 0 N–H and O–H groups in total. The molecule has 6 heteroatoms. The van der Waals surface area contributed by atoms with Crippen molar-refractivity contribution in [1.29, 1.82) is 0 Å². The zero-order valence-electron chi connectivity index (χ0n) is 11.7. The third-order valence-corrected chi connectivity index (χ3v) is 7.28. The third kappa shape index (κ3) is 2.79. The van der Waals surface area contributed by atoms with Crippen LogP contribution in [-0.2, 0) is 10.2 Å². The number of thiophene rings is 1. The Bertz CT molecular complexity index is 519. The predicted octanol–water partition coefficient (Wildman–Crippen LogP) is 3.01. The van der Waals surface area contributed by atoms with Crippen LogP contribution in [0.15, 0.2) is 17.5 Å². The first-order valence-corrected chi connectivity index (χ1v) is 9.77. The zero-order valence-corrected chi connectivity index (χ0v) is 13.3. The molecule has 0 unspecified atom stereocenters. The van der Waals surface area contributed by atoms with E-state index in [-0.39, 0.29) is 6.04 Å². The Morgan fingerprint density at radius 2 is 1.80 bits per heavy atom. The quantitative estimate of drug-likeness (QED) is 0.860. The highest BCUT2D eigenvalue weighted by molar-refractivity contribution is 7.86. The molecule has 2 saturated heterocycles. The van der Waals surface area contributed by atoms with Crippen LogP contribution >= 0.6 is 11.3 Å². The molecule has 4 nitrogen and oxygen atoms in total. The van der Waals surface area contributed by atoms with E-state index in [4.69, 9.17) is 0 Å². The van der Waals surface area contributed by atoms with E-state index in [2.05, 4.69) is 6.07 Å². The Hall–Kier alpha value is -0.430. The fraction of sp³-hybridized carbons (Fsp3) is 0.714. The maximum absolute atomic E-state index is 12.9. The first-order chi connectivity index (χ1) is 9.69. The molecule has 3 rings (SSSR count). The highest BCUT2D eigenvalue weighted by Gasteiger charge is 2.39. The van der Waals surface area contributed by atoms with Crippen LogP contribution in [0.5, 0.6) is 0 Å².